The number of hydrogen-bond acceptors (Lipinski definition) is 8. The molecule has 8 nitrogen and oxygen atoms in total. The van der Waals surface area contributed by atoms with Gasteiger partial charge in [-0.15, -0.1) is 11.3 Å². The monoisotopic (exact) mass is 418 g/mol. The zero-order valence-electron chi connectivity index (χ0n) is 16.0. The predicted molar refractivity (Wildman–Crippen MR) is 106 cm³/mol. The average Bonchev–Trinajstić information content (AvgIpc) is 3.12. The largest absolute Gasteiger partial charge is 0.494 e. The van der Waals surface area contributed by atoms with Crippen LogP contribution in [0.2, 0.25) is 0 Å². The Labute approximate surface area is 170 Å². The normalized spacial score (nSPS) is 13.2. The molecule has 1 heterocycles. The first-order chi connectivity index (χ1) is 13.8. The number of ether oxygens (including phenoxy) is 1. The summed E-state index contributed by atoms with van der Waals surface area (Å²) in [6, 6.07) is 3.95. The van der Waals surface area contributed by atoms with Gasteiger partial charge < -0.3 is 20.3 Å². The van der Waals surface area contributed by atoms with Crippen LogP contribution in [-0.4, -0.2) is 61.7 Å². The highest BCUT2D eigenvalue weighted by Crippen LogP contribution is 2.27. The maximum atomic E-state index is 13.8. The maximum absolute atomic E-state index is 13.8. The number of allylic oxidation sites excluding steroid dienone is 2. The second-order valence-electron chi connectivity index (χ2n) is 6.48. The third kappa shape index (κ3) is 4.49. The summed E-state index contributed by atoms with van der Waals surface area (Å²) in [5.41, 5.74) is 0.294. The van der Waals surface area contributed by atoms with Crippen molar-refractivity contribution < 1.29 is 23.5 Å². The second-order valence-corrected chi connectivity index (χ2v) is 7.48. The molecule has 0 bridgehead atoms. The smallest absolute Gasteiger partial charge is 0.284 e. The zero-order chi connectivity index (χ0) is 21.1. The van der Waals surface area contributed by atoms with Gasteiger partial charge in [0.25, 0.3) is 5.91 Å². The molecule has 0 saturated carbocycles. The average molecular weight is 418 g/mol. The number of halogens is 1. The fourth-order valence-electron chi connectivity index (χ4n) is 2.60. The van der Waals surface area contributed by atoms with Gasteiger partial charge in [-0.3, -0.25) is 14.4 Å². The van der Waals surface area contributed by atoms with Crippen LogP contribution in [0.15, 0.2) is 30.0 Å². The number of Topliss-reactive ketones (excluding diaryl/α,β-unsaturated/α-hetero) is 1. The number of aromatic nitrogens is 1. The lowest BCUT2D eigenvalue weighted by molar-refractivity contribution is 0.0976. The summed E-state index contributed by atoms with van der Waals surface area (Å²) in [6.45, 7) is 1.16. The number of carbonyl (C=O) groups is 3. The zero-order valence-corrected chi connectivity index (χ0v) is 16.9. The molecule has 152 valence electrons. The van der Waals surface area contributed by atoms with E-state index >= 15 is 0 Å². The van der Waals surface area contributed by atoms with Gasteiger partial charge in [0, 0.05) is 30.9 Å². The molecule has 2 aromatic rings. The van der Waals surface area contributed by atoms with Gasteiger partial charge in [-0.2, -0.15) is 0 Å². The lowest BCUT2D eigenvalue weighted by Gasteiger charge is -2.15. The van der Waals surface area contributed by atoms with E-state index in [9.17, 15) is 18.8 Å². The highest BCUT2D eigenvalue weighted by molar-refractivity contribution is 7.16. The van der Waals surface area contributed by atoms with Gasteiger partial charge in [-0.1, -0.05) is 0 Å². The number of benzene rings is 1. The van der Waals surface area contributed by atoms with Crippen molar-refractivity contribution in [1.82, 2.24) is 15.2 Å². The van der Waals surface area contributed by atoms with Crippen LogP contribution in [0.4, 0.5) is 10.1 Å². The molecule has 10 heteroatoms. The van der Waals surface area contributed by atoms with Gasteiger partial charge in [-0.05, 0) is 26.2 Å². The summed E-state index contributed by atoms with van der Waals surface area (Å²) in [6.07, 6.45) is 1.22. The Balaban J connectivity index is 1.75. The number of rotatable bonds is 7. The Kier molecular flexibility index (Phi) is 6.04. The standard InChI is InChI=1S/C19H19FN4O4S/c1-24(2)7-6-21-12-9-13(25)17-15(16(12)26)23-19(29-17)18(27)22-10-4-5-14(28-3)11(20)8-10/h4-5,8-9,21H,6-7H2,1-3H3,(H,22,27). The first-order valence-electron chi connectivity index (χ1n) is 8.65. The maximum Gasteiger partial charge on any atom is 0.284 e. The summed E-state index contributed by atoms with van der Waals surface area (Å²) in [7, 11) is 5.12. The SMILES string of the molecule is COc1ccc(NC(=O)c2nc3c(s2)C(=O)C=C(NCCN(C)C)C3=O)cc1F. The van der Waals surface area contributed by atoms with E-state index in [1.54, 1.807) is 0 Å². The van der Waals surface area contributed by atoms with Crippen molar-refractivity contribution >= 4 is 34.5 Å². The fourth-order valence-corrected chi connectivity index (χ4v) is 3.47. The molecular formula is C19H19FN4O4S. The predicted octanol–water partition coefficient (Wildman–Crippen LogP) is 1.96. The van der Waals surface area contributed by atoms with Crippen LogP contribution in [0.3, 0.4) is 0 Å². The van der Waals surface area contributed by atoms with Gasteiger partial charge in [0.2, 0.25) is 5.78 Å². The molecule has 2 N–H and O–H groups in total. The highest BCUT2D eigenvalue weighted by atomic mass is 32.1. The molecule has 1 amide bonds. The number of thiazole rings is 1. The molecular weight excluding hydrogens is 399 g/mol. The minimum Gasteiger partial charge on any atom is -0.494 e. The summed E-state index contributed by atoms with van der Waals surface area (Å²) in [5, 5.41) is 5.37. The molecule has 0 unspecified atom stereocenters. The molecule has 0 saturated heterocycles. The van der Waals surface area contributed by atoms with Gasteiger partial charge in [0.05, 0.1) is 12.8 Å². The molecule has 0 fully saturated rings. The van der Waals surface area contributed by atoms with Crippen molar-refractivity contribution in [2.45, 2.75) is 0 Å². The number of carbonyl (C=O) groups excluding carboxylic acids is 3. The summed E-state index contributed by atoms with van der Waals surface area (Å²) >= 11 is 0.825. The molecule has 0 radical (unpaired) electrons. The van der Waals surface area contributed by atoms with E-state index in [0.29, 0.717) is 13.1 Å². The summed E-state index contributed by atoms with van der Waals surface area (Å²) in [5.74, 6) is -2.06. The van der Waals surface area contributed by atoms with Crippen LogP contribution in [0.5, 0.6) is 5.75 Å². The third-order valence-corrected chi connectivity index (χ3v) is 5.13. The van der Waals surface area contributed by atoms with E-state index in [1.165, 1.54) is 25.3 Å². The van der Waals surface area contributed by atoms with Crippen molar-refractivity contribution in [2.24, 2.45) is 0 Å². The van der Waals surface area contributed by atoms with Crippen LogP contribution in [0, 0.1) is 5.82 Å². The van der Waals surface area contributed by atoms with Crippen LogP contribution in [0.25, 0.3) is 0 Å². The number of nitrogens with zero attached hydrogens (tertiary/aromatic N) is 2. The van der Waals surface area contributed by atoms with Crippen molar-refractivity contribution in [3.8, 4) is 5.75 Å². The molecule has 1 aromatic heterocycles. The highest BCUT2D eigenvalue weighted by Gasteiger charge is 2.31. The molecule has 0 spiro atoms. The molecule has 3 rings (SSSR count). The number of amides is 1. The number of fused-ring (bicyclic) bond motifs is 1. The van der Waals surface area contributed by atoms with E-state index in [1.807, 2.05) is 19.0 Å². The number of methoxy groups -OCH3 is 1. The van der Waals surface area contributed by atoms with Crippen LogP contribution in [-0.2, 0) is 0 Å². The van der Waals surface area contributed by atoms with E-state index in [2.05, 4.69) is 15.6 Å². The summed E-state index contributed by atoms with van der Waals surface area (Å²) < 4.78 is 18.6. The molecule has 1 aromatic carbocycles. The van der Waals surface area contributed by atoms with Gasteiger partial charge in [-0.25, -0.2) is 9.37 Å². The van der Waals surface area contributed by atoms with Crippen LogP contribution >= 0.6 is 11.3 Å². The Hall–Kier alpha value is -3.11. The topological polar surface area (TPSA) is 101 Å². The Morgan fingerprint density at radius 1 is 1.31 bits per heavy atom. The first kappa shape index (κ1) is 20.6. The minimum atomic E-state index is -0.642. The lowest BCUT2D eigenvalue weighted by Crippen LogP contribution is -2.31. The first-order valence-corrected chi connectivity index (χ1v) is 9.47. The second kappa shape index (κ2) is 8.50. The van der Waals surface area contributed by atoms with Crippen molar-refractivity contribution in [2.75, 3.05) is 39.6 Å². The lowest BCUT2D eigenvalue weighted by atomic mass is 10.0. The van der Waals surface area contributed by atoms with Gasteiger partial charge in [0.1, 0.15) is 10.6 Å². The number of ketones is 2. The molecule has 1 aliphatic rings. The number of nitrogens with one attached hydrogen (secondary N) is 2. The van der Waals surface area contributed by atoms with Crippen molar-refractivity contribution in [3.63, 3.8) is 0 Å². The quantitative estimate of drug-likeness (QED) is 0.709. The van der Waals surface area contributed by atoms with Crippen LogP contribution in [0.1, 0.15) is 30.0 Å². The van der Waals surface area contributed by atoms with E-state index in [0.717, 1.165) is 17.4 Å². The number of anilines is 1. The Bertz CT molecular complexity index is 1020. The van der Waals surface area contributed by atoms with E-state index in [4.69, 9.17) is 4.74 Å². The van der Waals surface area contributed by atoms with E-state index < -0.39 is 17.5 Å². The number of likely N-dealkylation sites (N-methyl/N-ethyl adjacent to an activating group) is 1. The minimum absolute atomic E-state index is 0.0456. The Morgan fingerprint density at radius 2 is 2.07 bits per heavy atom. The van der Waals surface area contributed by atoms with Gasteiger partial charge in [0.15, 0.2) is 22.4 Å². The van der Waals surface area contributed by atoms with Crippen LogP contribution < -0.4 is 15.4 Å². The molecule has 29 heavy (non-hydrogen) atoms. The Morgan fingerprint density at radius 3 is 2.72 bits per heavy atom. The molecule has 0 atom stereocenters. The fraction of sp³-hybridized carbons (Fsp3) is 0.263. The van der Waals surface area contributed by atoms with Gasteiger partial charge >= 0.3 is 0 Å². The summed E-state index contributed by atoms with van der Waals surface area (Å²) in [4.78, 5) is 43.5. The molecule has 0 aliphatic heterocycles. The third-order valence-electron chi connectivity index (χ3n) is 4.06. The number of hydrogen-bond donors (Lipinski definition) is 2. The molecule has 1 aliphatic carbocycles. The van der Waals surface area contributed by atoms with Crippen molar-refractivity contribution in [3.05, 3.63) is 51.4 Å². The van der Waals surface area contributed by atoms with Crippen molar-refractivity contribution in [1.29, 1.82) is 0 Å². The van der Waals surface area contributed by atoms with E-state index in [-0.39, 0.29) is 38.5 Å².